The van der Waals surface area contributed by atoms with Crippen LogP contribution in [0.15, 0.2) is 27.8 Å². The summed E-state index contributed by atoms with van der Waals surface area (Å²) in [6.45, 7) is 5.78. The number of hydrogen-bond acceptors (Lipinski definition) is 5. The van der Waals surface area contributed by atoms with E-state index in [-0.39, 0.29) is 0 Å². The van der Waals surface area contributed by atoms with Gasteiger partial charge in [0.05, 0.1) is 6.61 Å². The number of nitrogens with two attached hydrogens (primary N) is 1. The van der Waals surface area contributed by atoms with Crippen molar-refractivity contribution in [1.29, 1.82) is 0 Å². The maximum Gasteiger partial charge on any atom is 0.256 e. The van der Waals surface area contributed by atoms with Crippen LogP contribution in [0, 0.1) is 5.92 Å². The first-order chi connectivity index (χ1) is 8.65. The van der Waals surface area contributed by atoms with Crippen LogP contribution in [0.5, 0.6) is 0 Å². The Labute approximate surface area is 111 Å². The molecule has 0 bridgehead atoms. The molecule has 1 aromatic heterocycles. The maximum absolute atomic E-state index is 5.69. The van der Waals surface area contributed by atoms with Crippen LogP contribution < -0.4 is 5.73 Å². The zero-order valence-electron chi connectivity index (χ0n) is 10.7. The third-order valence-corrected chi connectivity index (χ3v) is 3.09. The summed E-state index contributed by atoms with van der Waals surface area (Å²) in [5, 5.41) is 0.670. The summed E-state index contributed by atoms with van der Waals surface area (Å²) < 4.78 is 11.1. The van der Waals surface area contributed by atoms with Crippen LogP contribution in [0.3, 0.4) is 0 Å². The van der Waals surface area contributed by atoms with Crippen LogP contribution in [0.2, 0.25) is 0 Å². The SMILES string of the molecule is CC(C)COCCSc1nc2cc(N)ccc2o1. The number of nitrogens with zero attached hydrogens (tertiary/aromatic N) is 1. The minimum Gasteiger partial charge on any atom is -0.431 e. The number of thioether (sulfide) groups is 1. The summed E-state index contributed by atoms with van der Waals surface area (Å²) in [4.78, 5) is 4.37. The van der Waals surface area contributed by atoms with Crippen LogP contribution in [0.4, 0.5) is 5.69 Å². The number of ether oxygens (including phenoxy) is 1. The van der Waals surface area contributed by atoms with E-state index in [2.05, 4.69) is 18.8 Å². The number of oxazole rings is 1. The average Bonchev–Trinajstić information content (AvgIpc) is 2.70. The van der Waals surface area contributed by atoms with E-state index < -0.39 is 0 Å². The second-order valence-electron chi connectivity index (χ2n) is 4.52. The second-order valence-corrected chi connectivity index (χ2v) is 5.57. The predicted octanol–water partition coefficient (Wildman–Crippen LogP) is 3.17. The van der Waals surface area contributed by atoms with Crippen LogP contribution in [-0.4, -0.2) is 24.0 Å². The fourth-order valence-electron chi connectivity index (χ4n) is 1.49. The molecule has 0 atom stereocenters. The molecule has 18 heavy (non-hydrogen) atoms. The van der Waals surface area contributed by atoms with E-state index >= 15 is 0 Å². The van der Waals surface area contributed by atoms with Gasteiger partial charge >= 0.3 is 0 Å². The number of anilines is 1. The lowest BCUT2D eigenvalue weighted by atomic mass is 10.2. The van der Waals surface area contributed by atoms with E-state index in [1.165, 1.54) is 0 Å². The van der Waals surface area contributed by atoms with E-state index in [1.54, 1.807) is 11.8 Å². The van der Waals surface area contributed by atoms with Crippen LogP contribution in [-0.2, 0) is 4.74 Å². The van der Waals surface area contributed by atoms with E-state index in [4.69, 9.17) is 14.9 Å². The lowest BCUT2D eigenvalue weighted by molar-refractivity contribution is 0.124. The van der Waals surface area contributed by atoms with Gasteiger partial charge in [0.25, 0.3) is 5.22 Å². The molecule has 98 valence electrons. The second kappa shape index (κ2) is 6.11. The van der Waals surface area contributed by atoms with Crippen LogP contribution >= 0.6 is 11.8 Å². The van der Waals surface area contributed by atoms with Gasteiger partial charge in [-0.1, -0.05) is 25.6 Å². The monoisotopic (exact) mass is 266 g/mol. The van der Waals surface area contributed by atoms with Gasteiger partial charge in [0.2, 0.25) is 0 Å². The quantitative estimate of drug-likeness (QED) is 0.494. The molecule has 0 unspecified atom stereocenters. The normalized spacial score (nSPS) is 11.5. The minimum atomic E-state index is 0.572. The third kappa shape index (κ3) is 3.65. The molecule has 0 spiro atoms. The smallest absolute Gasteiger partial charge is 0.256 e. The number of hydrogen-bond donors (Lipinski definition) is 1. The molecule has 0 radical (unpaired) electrons. The van der Waals surface area contributed by atoms with Gasteiger partial charge in [-0.15, -0.1) is 0 Å². The molecule has 0 amide bonds. The molecule has 1 heterocycles. The topological polar surface area (TPSA) is 61.3 Å². The van der Waals surface area contributed by atoms with Gasteiger partial charge in [-0.2, -0.15) is 0 Å². The molecule has 0 aliphatic rings. The van der Waals surface area contributed by atoms with Gasteiger partial charge in [-0.3, -0.25) is 0 Å². The van der Waals surface area contributed by atoms with Crippen molar-refractivity contribution < 1.29 is 9.15 Å². The van der Waals surface area contributed by atoms with Crippen molar-refractivity contribution >= 4 is 28.5 Å². The lowest BCUT2D eigenvalue weighted by Gasteiger charge is -2.04. The molecule has 0 fully saturated rings. The molecular weight excluding hydrogens is 248 g/mol. The summed E-state index contributed by atoms with van der Waals surface area (Å²) in [5.74, 6) is 1.41. The van der Waals surface area contributed by atoms with Crippen molar-refractivity contribution in [3.8, 4) is 0 Å². The summed E-state index contributed by atoms with van der Waals surface area (Å²) >= 11 is 1.56. The average molecular weight is 266 g/mol. The van der Waals surface area contributed by atoms with E-state index in [0.717, 1.165) is 23.5 Å². The standard InChI is InChI=1S/C13H18N2O2S/c1-9(2)8-16-5-6-18-13-15-11-7-10(14)3-4-12(11)17-13/h3-4,7,9H,5-6,8,14H2,1-2H3. The summed E-state index contributed by atoms with van der Waals surface area (Å²) in [5.41, 5.74) is 7.97. The largest absolute Gasteiger partial charge is 0.431 e. The molecule has 0 saturated carbocycles. The first-order valence-electron chi connectivity index (χ1n) is 6.02. The number of nitrogen functional groups attached to an aromatic ring is 1. The van der Waals surface area contributed by atoms with Crippen molar-refractivity contribution in [3.05, 3.63) is 18.2 Å². The number of benzene rings is 1. The molecule has 5 heteroatoms. The highest BCUT2D eigenvalue weighted by atomic mass is 32.2. The molecule has 0 saturated heterocycles. The Kier molecular flexibility index (Phi) is 4.49. The van der Waals surface area contributed by atoms with Crippen molar-refractivity contribution in [2.24, 2.45) is 5.92 Å². The summed E-state index contributed by atoms with van der Waals surface area (Å²) in [7, 11) is 0. The molecule has 4 nitrogen and oxygen atoms in total. The molecule has 2 N–H and O–H groups in total. The zero-order chi connectivity index (χ0) is 13.0. The third-order valence-electron chi connectivity index (χ3n) is 2.30. The molecule has 0 aliphatic heterocycles. The highest BCUT2D eigenvalue weighted by Gasteiger charge is 2.06. The van der Waals surface area contributed by atoms with Crippen molar-refractivity contribution in [1.82, 2.24) is 4.98 Å². The Morgan fingerprint density at radius 1 is 1.44 bits per heavy atom. The van der Waals surface area contributed by atoms with Crippen LogP contribution in [0.25, 0.3) is 11.1 Å². The molecule has 2 rings (SSSR count). The van der Waals surface area contributed by atoms with E-state index in [0.29, 0.717) is 23.4 Å². The first-order valence-corrected chi connectivity index (χ1v) is 7.00. The fourth-order valence-corrected chi connectivity index (χ4v) is 2.18. The van der Waals surface area contributed by atoms with Crippen molar-refractivity contribution in [2.45, 2.75) is 19.1 Å². The van der Waals surface area contributed by atoms with Crippen molar-refractivity contribution in [2.75, 3.05) is 24.7 Å². The van der Waals surface area contributed by atoms with Gasteiger partial charge < -0.3 is 14.9 Å². The maximum atomic E-state index is 5.69. The molecule has 0 aliphatic carbocycles. The van der Waals surface area contributed by atoms with Gasteiger partial charge in [0.15, 0.2) is 5.58 Å². The van der Waals surface area contributed by atoms with E-state index in [1.807, 2.05) is 18.2 Å². The van der Waals surface area contributed by atoms with Gasteiger partial charge in [0, 0.05) is 18.0 Å². The first kappa shape index (κ1) is 13.2. The van der Waals surface area contributed by atoms with Gasteiger partial charge in [0.1, 0.15) is 5.52 Å². The highest BCUT2D eigenvalue weighted by molar-refractivity contribution is 7.99. The Hall–Kier alpha value is -1.20. The van der Waals surface area contributed by atoms with Gasteiger partial charge in [-0.25, -0.2) is 4.98 Å². The molecule has 2 aromatic rings. The van der Waals surface area contributed by atoms with Crippen LogP contribution in [0.1, 0.15) is 13.8 Å². The van der Waals surface area contributed by atoms with Gasteiger partial charge in [-0.05, 0) is 24.1 Å². The lowest BCUT2D eigenvalue weighted by Crippen LogP contribution is -2.04. The van der Waals surface area contributed by atoms with Crippen molar-refractivity contribution in [3.63, 3.8) is 0 Å². The fraction of sp³-hybridized carbons (Fsp3) is 0.462. The molecular formula is C13H18N2O2S. The highest BCUT2D eigenvalue weighted by Crippen LogP contribution is 2.24. The minimum absolute atomic E-state index is 0.572. The Balaban J connectivity index is 1.84. The number of aromatic nitrogens is 1. The Morgan fingerprint density at radius 2 is 2.28 bits per heavy atom. The summed E-state index contributed by atoms with van der Waals surface area (Å²) in [6.07, 6.45) is 0. The Bertz CT molecular complexity index is 511. The number of fused-ring (bicyclic) bond motifs is 1. The summed E-state index contributed by atoms with van der Waals surface area (Å²) in [6, 6.07) is 5.48. The predicted molar refractivity (Wildman–Crippen MR) is 74.8 cm³/mol. The number of rotatable bonds is 6. The zero-order valence-corrected chi connectivity index (χ0v) is 11.5. The van der Waals surface area contributed by atoms with E-state index in [9.17, 15) is 0 Å². The molecule has 1 aromatic carbocycles. The Morgan fingerprint density at radius 3 is 3.06 bits per heavy atom.